The first kappa shape index (κ1) is 15.2. The monoisotopic (exact) mass is 279 g/mol. The van der Waals surface area contributed by atoms with E-state index in [1.165, 1.54) is 24.1 Å². The number of methoxy groups -OCH3 is 2. The van der Waals surface area contributed by atoms with Gasteiger partial charge >= 0.3 is 0 Å². The minimum atomic E-state index is 0.702. The van der Waals surface area contributed by atoms with E-state index in [0.29, 0.717) is 19.3 Å². The van der Waals surface area contributed by atoms with Crippen LogP contribution in [0.5, 0.6) is 0 Å². The molecule has 1 fully saturated rings. The molecule has 0 saturated heterocycles. The Morgan fingerprint density at radius 1 is 1.25 bits per heavy atom. The van der Waals surface area contributed by atoms with E-state index in [4.69, 9.17) is 9.47 Å². The molecule has 0 atom stereocenters. The number of hydrogen-bond donors (Lipinski definition) is 1. The number of hydrogen-bond acceptors (Lipinski definition) is 5. The Morgan fingerprint density at radius 2 is 1.95 bits per heavy atom. The topological polar surface area (TPSA) is 46.6 Å². The average molecular weight is 279 g/mol. The number of anilines is 1. The average Bonchev–Trinajstić information content (AvgIpc) is 3.30. The molecule has 0 radical (unpaired) electrons. The Morgan fingerprint density at radius 3 is 2.55 bits per heavy atom. The van der Waals surface area contributed by atoms with E-state index in [2.05, 4.69) is 21.3 Å². The van der Waals surface area contributed by atoms with Gasteiger partial charge < -0.3 is 19.7 Å². The first-order valence-corrected chi connectivity index (χ1v) is 7.24. The van der Waals surface area contributed by atoms with Gasteiger partial charge in [0.05, 0.1) is 25.1 Å². The highest BCUT2D eigenvalue weighted by molar-refractivity contribution is 5.51. The number of nitrogens with one attached hydrogen (secondary N) is 1. The molecule has 5 heteroatoms. The third kappa shape index (κ3) is 4.74. The molecule has 1 aliphatic rings. The van der Waals surface area contributed by atoms with Crippen molar-refractivity contribution in [2.45, 2.75) is 25.4 Å². The van der Waals surface area contributed by atoms with E-state index in [1.807, 2.05) is 12.4 Å². The van der Waals surface area contributed by atoms with Crippen LogP contribution in [-0.4, -0.2) is 51.5 Å². The molecule has 0 bridgehead atoms. The molecule has 2 rings (SSSR count). The minimum Gasteiger partial charge on any atom is -0.383 e. The lowest BCUT2D eigenvalue weighted by Gasteiger charge is -2.26. The van der Waals surface area contributed by atoms with Crippen LogP contribution in [0.25, 0.3) is 0 Å². The standard InChI is InChI=1S/C15H25N3O2/c1-19-9-7-18(8-10-20-2)15-12-16-6-5-13(15)11-17-14-3-4-14/h5-6,12,14,17H,3-4,7-11H2,1-2H3. The Balaban J connectivity index is 2.03. The second kappa shape index (κ2) is 8.19. The maximum Gasteiger partial charge on any atom is 0.0637 e. The fourth-order valence-corrected chi connectivity index (χ4v) is 2.15. The molecular formula is C15H25N3O2. The third-order valence-electron chi connectivity index (χ3n) is 3.52. The molecule has 0 aromatic carbocycles. The van der Waals surface area contributed by atoms with Crippen LogP contribution in [0.1, 0.15) is 18.4 Å². The second-order valence-electron chi connectivity index (χ2n) is 5.13. The molecule has 0 aliphatic heterocycles. The van der Waals surface area contributed by atoms with Gasteiger partial charge in [0.1, 0.15) is 0 Å². The zero-order chi connectivity index (χ0) is 14.2. The van der Waals surface area contributed by atoms with Gasteiger partial charge in [-0.2, -0.15) is 0 Å². The largest absolute Gasteiger partial charge is 0.383 e. The van der Waals surface area contributed by atoms with Gasteiger partial charge in [-0.3, -0.25) is 4.98 Å². The van der Waals surface area contributed by atoms with Crippen LogP contribution in [0.3, 0.4) is 0 Å². The Labute approximate surface area is 121 Å². The summed E-state index contributed by atoms with van der Waals surface area (Å²) in [5, 5.41) is 3.56. The Bertz CT molecular complexity index is 388. The molecule has 1 saturated carbocycles. The molecule has 1 aliphatic carbocycles. The maximum absolute atomic E-state index is 5.20. The lowest BCUT2D eigenvalue weighted by molar-refractivity contribution is 0.190. The number of ether oxygens (including phenoxy) is 2. The van der Waals surface area contributed by atoms with Crippen molar-refractivity contribution >= 4 is 5.69 Å². The van der Waals surface area contributed by atoms with E-state index in [9.17, 15) is 0 Å². The van der Waals surface area contributed by atoms with Gasteiger partial charge in [0.15, 0.2) is 0 Å². The van der Waals surface area contributed by atoms with Crippen molar-refractivity contribution in [1.82, 2.24) is 10.3 Å². The molecule has 5 nitrogen and oxygen atoms in total. The normalized spacial score (nSPS) is 14.5. The second-order valence-corrected chi connectivity index (χ2v) is 5.13. The molecular weight excluding hydrogens is 254 g/mol. The summed E-state index contributed by atoms with van der Waals surface area (Å²) in [5.74, 6) is 0. The summed E-state index contributed by atoms with van der Waals surface area (Å²) in [6.45, 7) is 4.01. The van der Waals surface area contributed by atoms with E-state index in [0.717, 1.165) is 19.6 Å². The highest BCUT2D eigenvalue weighted by Crippen LogP contribution is 2.23. The van der Waals surface area contributed by atoms with Gasteiger partial charge in [0.25, 0.3) is 0 Å². The maximum atomic E-state index is 5.20. The number of rotatable bonds is 10. The SMILES string of the molecule is COCCN(CCOC)c1cnccc1CNC1CC1. The van der Waals surface area contributed by atoms with Crippen LogP contribution in [0.4, 0.5) is 5.69 Å². The lowest BCUT2D eigenvalue weighted by atomic mass is 10.2. The van der Waals surface area contributed by atoms with E-state index >= 15 is 0 Å². The summed E-state index contributed by atoms with van der Waals surface area (Å²) >= 11 is 0. The molecule has 1 heterocycles. The van der Waals surface area contributed by atoms with Crippen LogP contribution in [0.15, 0.2) is 18.5 Å². The van der Waals surface area contributed by atoms with Crippen LogP contribution < -0.4 is 10.2 Å². The fraction of sp³-hybridized carbons (Fsp3) is 0.667. The predicted molar refractivity (Wildman–Crippen MR) is 80.1 cm³/mol. The molecule has 0 spiro atoms. The van der Waals surface area contributed by atoms with Crippen molar-refractivity contribution in [3.8, 4) is 0 Å². The quantitative estimate of drug-likeness (QED) is 0.702. The van der Waals surface area contributed by atoms with Crippen molar-refractivity contribution in [2.24, 2.45) is 0 Å². The lowest BCUT2D eigenvalue weighted by Crippen LogP contribution is -2.32. The van der Waals surface area contributed by atoms with Crippen molar-refractivity contribution in [3.63, 3.8) is 0 Å². The van der Waals surface area contributed by atoms with Gasteiger partial charge in [-0.25, -0.2) is 0 Å². The van der Waals surface area contributed by atoms with Gasteiger partial charge in [0, 0.05) is 46.1 Å². The number of pyridine rings is 1. The highest BCUT2D eigenvalue weighted by atomic mass is 16.5. The number of aromatic nitrogens is 1. The van der Waals surface area contributed by atoms with Crippen LogP contribution in [0.2, 0.25) is 0 Å². The van der Waals surface area contributed by atoms with Crippen molar-refractivity contribution in [1.29, 1.82) is 0 Å². The Kier molecular flexibility index (Phi) is 6.24. The van der Waals surface area contributed by atoms with E-state index in [-0.39, 0.29) is 0 Å². The first-order valence-electron chi connectivity index (χ1n) is 7.24. The van der Waals surface area contributed by atoms with Gasteiger partial charge in [0.2, 0.25) is 0 Å². The number of nitrogens with zero attached hydrogens (tertiary/aromatic N) is 2. The molecule has 1 aromatic heterocycles. The summed E-state index contributed by atoms with van der Waals surface area (Å²) in [4.78, 5) is 6.56. The molecule has 1 N–H and O–H groups in total. The summed E-state index contributed by atoms with van der Waals surface area (Å²) < 4.78 is 10.4. The van der Waals surface area contributed by atoms with Gasteiger partial charge in [-0.15, -0.1) is 0 Å². The third-order valence-corrected chi connectivity index (χ3v) is 3.52. The van der Waals surface area contributed by atoms with Crippen LogP contribution in [-0.2, 0) is 16.0 Å². The van der Waals surface area contributed by atoms with Crippen LogP contribution >= 0.6 is 0 Å². The molecule has 0 amide bonds. The summed E-state index contributed by atoms with van der Waals surface area (Å²) in [6, 6.07) is 2.81. The van der Waals surface area contributed by atoms with Crippen molar-refractivity contribution in [3.05, 3.63) is 24.0 Å². The smallest absolute Gasteiger partial charge is 0.0637 e. The summed E-state index contributed by atoms with van der Waals surface area (Å²) in [7, 11) is 3.46. The molecule has 112 valence electrons. The predicted octanol–water partition coefficient (Wildman–Crippen LogP) is 1.43. The van der Waals surface area contributed by atoms with E-state index < -0.39 is 0 Å². The highest BCUT2D eigenvalue weighted by Gasteiger charge is 2.21. The zero-order valence-corrected chi connectivity index (χ0v) is 12.5. The minimum absolute atomic E-state index is 0.702. The summed E-state index contributed by atoms with van der Waals surface area (Å²) in [5.41, 5.74) is 2.47. The summed E-state index contributed by atoms with van der Waals surface area (Å²) in [6.07, 6.45) is 6.41. The molecule has 20 heavy (non-hydrogen) atoms. The first-order chi connectivity index (χ1) is 9.85. The van der Waals surface area contributed by atoms with Crippen LogP contribution in [0, 0.1) is 0 Å². The zero-order valence-electron chi connectivity index (χ0n) is 12.5. The fourth-order valence-electron chi connectivity index (χ4n) is 2.15. The van der Waals surface area contributed by atoms with Gasteiger partial charge in [-0.05, 0) is 24.5 Å². The van der Waals surface area contributed by atoms with Gasteiger partial charge in [-0.1, -0.05) is 0 Å². The van der Waals surface area contributed by atoms with Crippen molar-refractivity contribution in [2.75, 3.05) is 45.4 Å². The molecule has 0 unspecified atom stereocenters. The Hall–Kier alpha value is -1.17. The van der Waals surface area contributed by atoms with E-state index in [1.54, 1.807) is 14.2 Å². The van der Waals surface area contributed by atoms with Crippen molar-refractivity contribution < 1.29 is 9.47 Å². The molecule has 1 aromatic rings.